The van der Waals surface area contributed by atoms with Crippen molar-refractivity contribution in [3.05, 3.63) is 5.89 Å². The number of aromatic nitrogens is 2. The van der Waals surface area contributed by atoms with Gasteiger partial charge >= 0.3 is 0 Å². The second-order valence-corrected chi connectivity index (χ2v) is 4.49. The first-order valence-electron chi connectivity index (χ1n) is 6.20. The number of piperazine rings is 1. The number of hydrogen-bond acceptors (Lipinski definition) is 6. The van der Waals surface area contributed by atoms with E-state index in [0.717, 1.165) is 57.4 Å². The van der Waals surface area contributed by atoms with Crippen molar-refractivity contribution in [3.63, 3.8) is 0 Å². The fourth-order valence-electron chi connectivity index (χ4n) is 1.90. The van der Waals surface area contributed by atoms with E-state index in [4.69, 9.17) is 4.52 Å². The Morgan fingerprint density at radius 3 is 2.76 bits per heavy atom. The third-order valence-electron chi connectivity index (χ3n) is 3.06. The number of nitrogens with one attached hydrogen (secondary N) is 1. The fourth-order valence-corrected chi connectivity index (χ4v) is 1.90. The average Bonchev–Trinajstić information content (AvgIpc) is 2.79. The van der Waals surface area contributed by atoms with E-state index in [1.165, 1.54) is 0 Å². The van der Waals surface area contributed by atoms with Crippen molar-refractivity contribution >= 4 is 5.95 Å². The summed E-state index contributed by atoms with van der Waals surface area (Å²) in [6.45, 7) is 5.05. The monoisotopic (exact) mass is 239 g/mol. The molecule has 0 aromatic carbocycles. The lowest BCUT2D eigenvalue weighted by atomic mass is 10.3. The van der Waals surface area contributed by atoms with E-state index < -0.39 is 0 Å². The maximum atomic E-state index is 5.25. The summed E-state index contributed by atoms with van der Waals surface area (Å²) >= 11 is 0. The molecule has 2 heterocycles. The molecule has 0 atom stereocenters. The van der Waals surface area contributed by atoms with E-state index in [-0.39, 0.29) is 0 Å². The van der Waals surface area contributed by atoms with Crippen molar-refractivity contribution in [2.24, 2.45) is 0 Å². The lowest BCUT2D eigenvalue weighted by Gasteiger charge is -2.31. The van der Waals surface area contributed by atoms with Crippen LogP contribution in [0.15, 0.2) is 4.52 Å². The average molecular weight is 239 g/mol. The summed E-state index contributed by atoms with van der Waals surface area (Å²) in [6.07, 6.45) is 1.88. The molecule has 0 bridgehead atoms. The van der Waals surface area contributed by atoms with Gasteiger partial charge in [0.2, 0.25) is 5.89 Å². The Kier molecular flexibility index (Phi) is 4.33. The summed E-state index contributed by atoms with van der Waals surface area (Å²) in [5.41, 5.74) is 0. The quantitative estimate of drug-likeness (QED) is 0.728. The summed E-state index contributed by atoms with van der Waals surface area (Å²) in [5.74, 6) is 1.49. The molecule has 0 unspecified atom stereocenters. The molecule has 1 saturated heterocycles. The molecule has 1 fully saturated rings. The first-order valence-corrected chi connectivity index (χ1v) is 6.20. The normalized spacial score (nSPS) is 17.6. The molecule has 6 nitrogen and oxygen atoms in total. The number of anilines is 1. The number of hydrogen-bond donors (Lipinski definition) is 1. The minimum atomic E-state index is 0.745. The highest BCUT2D eigenvalue weighted by molar-refractivity contribution is 5.28. The van der Waals surface area contributed by atoms with Crippen LogP contribution < -0.4 is 10.2 Å². The van der Waals surface area contributed by atoms with Crippen LogP contribution in [0.1, 0.15) is 12.3 Å². The van der Waals surface area contributed by atoms with Crippen molar-refractivity contribution in [2.45, 2.75) is 12.8 Å². The van der Waals surface area contributed by atoms with E-state index in [1.807, 2.05) is 7.05 Å². The van der Waals surface area contributed by atoms with Crippen molar-refractivity contribution in [1.29, 1.82) is 0 Å². The summed E-state index contributed by atoms with van der Waals surface area (Å²) in [6, 6.07) is 0. The van der Waals surface area contributed by atoms with Gasteiger partial charge in [0.1, 0.15) is 0 Å². The Morgan fingerprint density at radius 1 is 1.29 bits per heavy atom. The highest BCUT2D eigenvalue weighted by atomic mass is 16.5. The topological polar surface area (TPSA) is 57.4 Å². The van der Waals surface area contributed by atoms with Gasteiger partial charge < -0.3 is 19.6 Å². The second-order valence-electron chi connectivity index (χ2n) is 4.49. The van der Waals surface area contributed by atoms with E-state index in [1.54, 1.807) is 0 Å². The Morgan fingerprint density at radius 2 is 2.06 bits per heavy atom. The van der Waals surface area contributed by atoms with Crippen LogP contribution in [0, 0.1) is 0 Å². The molecule has 2 rings (SSSR count). The highest BCUT2D eigenvalue weighted by Gasteiger charge is 2.18. The summed E-state index contributed by atoms with van der Waals surface area (Å²) < 4.78 is 5.25. The number of likely N-dealkylation sites (N-methyl/N-ethyl adjacent to an activating group) is 1. The summed E-state index contributed by atoms with van der Waals surface area (Å²) in [5, 5.41) is 7.15. The van der Waals surface area contributed by atoms with E-state index in [0.29, 0.717) is 0 Å². The van der Waals surface area contributed by atoms with Gasteiger partial charge in [-0.3, -0.25) is 0 Å². The summed E-state index contributed by atoms with van der Waals surface area (Å²) in [7, 11) is 4.08. The third-order valence-corrected chi connectivity index (χ3v) is 3.06. The molecule has 96 valence electrons. The lowest BCUT2D eigenvalue weighted by molar-refractivity contribution is 0.308. The maximum Gasteiger partial charge on any atom is 0.266 e. The smallest absolute Gasteiger partial charge is 0.266 e. The fraction of sp³-hybridized carbons (Fsp3) is 0.818. The van der Waals surface area contributed by atoms with Crippen LogP contribution in [0.2, 0.25) is 0 Å². The van der Waals surface area contributed by atoms with Gasteiger partial charge in [-0.15, -0.1) is 0 Å². The molecule has 0 radical (unpaired) electrons. The van der Waals surface area contributed by atoms with Gasteiger partial charge in [-0.25, -0.2) is 0 Å². The molecule has 0 saturated carbocycles. The highest BCUT2D eigenvalue weighted by Crippen LogP contribution is 2.12. The largest absolute Gasteiger partial charge is 0.337 e. The molecule has 1 aromatic rings. The van der Waals surface area contributed by atoms with Crippen LogP contribution in [0.4, 0.5) is 5.95 Å². The molecular formula is C11H21N5O. The molecule has 0 aliphatic carbocycles. The second kappa shape index (κ2) is 5.97. The zero-order valence-corrected chi connectivity index (χ0v) is 10.6. The van der Waals surface area contributed by atoms with Gasteiger partial charge in [0.25, 0.3) is 5.95 Å². The van der Waals surface area contributed by atoms with Crippen LogP contribution in [0.3, 0.4) is 0 Å². The molecule has 1 N–H and O–H groups in total. The van der Waals surface area contributed by atoms with Crippen molar-refractivity contribution in [1.82, 2.24) is 20.4 Å². The molecule has 0 spiro atoms. The van der Waals surface area contributed by atoms with Gasteiger partial charge in [0, 0.05) is 32.6 Å². The Labute approximate surface area is 102 Å². The van der Waals surface area contributed by atoms with Gasteiger partial charge in [0.15, 0.2) is 0 Å². The zero-order valence-electron chi connectivity index (χ0n) is 10.6. The molecular weight excluding hydrogens is 218 g/mol. The van der Waals surface area contributed by atoms with E-state index in [2.05, 4.69) is 32.3 Å². The van der Waals surface area contributed by atoms with Crippen LogP contribution >= 0.6 is 0 Å². The molecule has 1 aliphatic heterocycles. The van der Waals surface area contributed by atoms with E-state index in [9.17, 15) is 0 Å². The Hall–Kier alpha value is -1.14. The van der Waals surface area contributed by atoms with Gasteiger partial charge in [0.05, 0.1) is 0 Å². The van der Waals surface area contributed by atoms with Crippen molar-refractivity contribution in [3.8, 4) is 0 Å². The first kappa shape index (κ1) is 12.3. The van der Waals surface area contributed by atoms with Crippen molar-refractivity contribution < 1.29 is 4.52 Å². The standard InChI is InChI=1S/C11H21N5O/c1-12-5-3-4-10-13-11(14-17-10)16-8-6-15(2)7-9-16/h12H,3-9H2,1-2H3. The lowest BCUT2D eigenvalue weighted by Crippen LogP contribution is -2.44. The van der Waals surface area contributed by atoms with Crippen molar-refractivity contribution in [2.75, 3.05) is 51.7 Å². The Balaban J connectivity index is 1.85. The SMILES string of the molecule is CNCCCc1nc(N2CCN(C)CC2)no1. The van der Waals surface area contributed by atoms with Gasteiger partial charge in [-0.1, -0.05) is 0 Å². The predicted molar refractivity (Wildman–Crippen MR) is 66.3 cm³/mol. The van der Waals surface area contributed by atoms with Crippen LogP contribution in [0.25, 0.3) is 0 Å². The van der Waals surface area contributed by atoms with Crippen LogP contribution in [0.5, 0.6) is 0 Å². The van der Waals surface area contributed by atoms with Gasteiger partial charge in [-0.2, -0.15) is 4.98 Å². The van der Waals surface area contributed by atoms with Crippen LogP contribution in [-0.2, 0) is 6.42 Å². The molecule has 6 heteroatoms. The van der Waals surface area contributed by atoms with E-state index >= 15 is 0 Å². The minimum Gasteiger partial charge on any atom is -0.337 e. The molecule has 1 aromatic heterocycles. The minimum absolute atomic E-state index is 0.745. The maximum absolute atomic E-state index is 5.25. The van der Waals surface area contributed by atoms with Gasteiger partial charge in [-0.05, 0) is 32.2 Å². The summed E-state index contributed by atoms with van der Waals surface area (Å²) in [4.78, 5) is 8.93. The van der Waals surface area contributed by atoms with Crippen LogP contribution in [-0.4, -0.2) is 61.9 Å². The number of nitrogens with zero attached hydrogens (tertiary/aromatic N) is 4. The Bertz CT molecular complexity index is 332. The number of rotatable bonds is 5. The predicted octanol–water partition coefficient (Wildman–Crippen LogP) is -0.0266. The number of aryl methyl sites for hydroxylation is 1. The molecule has 17 heavy (non-hydrogen) atoms. The molecule has 1 aliphatic rings. The molecule has 0 amide bonds. The third kappa shape index (κ3) is 3.41. The zero-order chi connectivity index (χ0) is 12.1. The first-order chi connectivity index (χ1) is 8.29.